The molecule has 1 N–H and O–H groups in total. The zero-order chi connectivity index (χ0) is 15.7. The molecule has 2 aromatic rings. The van der Waals surface area contributed by atoms with Crippen LogP contribution in [0.2, 0.25) is 0 Å². The zero-order valence-electron chi connectivity index (χ0n) is 13.2. The molecule has 2 fully saturated rings. The lowest BCUT2D eigenvalue weighted by Crippen LogP contribution is -2.62. The van der Waals surface area contributed by atoms with Crippen LogP contribution in [0.4, 0.5) is 4.39 Å². The number of hydrogen-bond acceptors (Lipinski definition) is 1. The normalized spacial score (nSPS) is 29.5. The van der Waals surface area contributed by atoms with Crippen LogP contribution in [0.5, 0.6) is 0 Å². The number of benzene rings is 1. The number of rotatable bonds is 1. The molecule has 0 radical (unpaired) electrons. The van der Waals surface area contributed by atoms with Crippen molar-refractivity contribution >= 4 is 16.8 Å². The number of nitrogens with zero attached hydrogens (tertiary/aromatic N) is 1. The minimum absolute atomic E-state index is 0.0676. The Morgan fingerprint density at radius 1 is 1.36 bits per heavy atom. The van der Waals surface area contributed by atoms with E-state index in [2.05, 4.69) is 25.8 Å². The van der Waals surface area contributed by atoms with Crippen molar-refractivity contribution in [1.82, 2.24) is 9.88 Å². The van der Waals surface area contributed by atoms with Crippen molar-refractivity contribution in [3.8, 4) is 0 Å². The molecule has 4 rings (SSSR count). The van der Waals surface area contributed by atoms with Crippen LogP contribution in [0.25, 0.3) is 10.9 Å². The highest BCUT2D eigenvalue weighted by Gasteiger charge is 2.59. The van der Waals surface area contributed by atoms with Gasteiger partial charge in [-0.05, 0) is 36.5 Å². The first-order valence-electron chi connectivity index (χ1n) is 7.87. The van der Waals surface area contributed by atoms with Gasteiger partial charge >= 0.3 is 0 Å². The molecule has 1 aliphatic carbocycles. The fourth-order valence-corrected chi connectivity index (χ4v) is 4.73. The van der Waals surface area contributed by atoms with E-state index in [1.807, 2.05) is 4.90 Å². The van der Waals surface area contributed by atoms with Crippen molar-refractivity contribution in [2.75, 3.05) is 6.54 Å². The summed E-state index contributed by atoms with van der Waals surface area (Å²) in [5.74, 6) is -0.222. The molecule has 1 aromatic carbocycles. The Labute approximate surface area is 129 Å². The van der Waals surface area contributed by atoms with Gasteiger partial charge in [-0.15, -0.1) is 0 Å². The van der Waals surface area contributed by atoms with Gasteiger partial charge < -0.3 is 9.88 Å². The highest BCUT2D eigenvalue weighted by Crippen LogP contribution is 2.57. The van der Waals surface area contributed by atoms with Crippen molar-refractivity contribution in [3.63, 3.8) is 0 Å². The molecule has 0 spiro atoms. The summed E-state index contributed by atoms with van der Waals surface area (Å²) in [6.45, 7) is 7.69. The Kier molecular flexibility index (Phi) is 2.58. The Hall–Kier alpha value is -1.84. The maximum Gasteiger partial charge on any atom is 0.256 e. The SMILES string of the molecule is CC1(C)CC2N(C(=O)c3c[nH]c4cc(F)ccc34)CC2(C)C1. The van der Waals surface area contributed by atoms with Crippen LogP contribution in [0, 0.1) is 16.6 Å². The summed E-state index contributed by atoms with van der Waals surface area (Å²) in [6, 6.07) is 4.86. The van der Waals surface area contributed by atoms with E-state index in [-0.39, 0.29) is 17.1 Å². The van der Waals surface area contributed by atoms with Gasteiger partial charge in [0, 0.05) is 35.1 Å². The van der Waals surface area contributed by atoms with E-state index in [1.165, 1.54) is 18.6 Å². The van der Waals surface area contributed by atoms with E-state index >= 15 is 0 Å². The van der Waals surface area contributed by atoms with Gasteiger partial charge in [0.15, 0.2) is 0 Å². The Balaban J connectivity index is 1.65. The summed E-state index contributed by atoms with van der Waals surface area (Å²) < 4.78 is 13.3. The van der Waals surface area contributed by atoms with Crippen LogP contribution in [-0.2, 0) is 0 Å². The summed E-state index contributed by atoms with van der Waals surface area (Å²) in [6.07, 6.45) is 3.95. The number of amides is 1. The zero-order valence-corrected chi connectivity index (χ0v) is 13.2. The fraction of sp³-hybridized carbons (Fsp3) is 0.500. The van der Waals surface area contributed by atoms with Crippen LogP contribution < -0.4 is 0 Å². The predicted octanol–water partition coefficient (Wildman–Crippen LogP) is 3.96. The van der Waals surface area contributed by atoms with Crippen LogP contribution in [0.3, 0.4) is 0 Å². The number of halogens is 1. The molecule has 1 saturated heterocycles. The highest BCUT2D eigenvalue weighted by molar-refractivity contribution is 6.07. The number of H-pyrrole nitrogens is 1. The van der Waals surface area contributed by atoms with E-state index in [0.717, 1.165) is 18.4 Å². The largest absolute Gasteiger partial charge is 0.360 e. The number of likely N-dealkylation sites (tertiary alicyclic amines) is 1. The third-order valence-corrected chi connectivity index (χ3v) is 5.48. The Morgan fingerprint density at radius 2 is 2.14 bits per heavy atom. The van der Waals surface area contributed by atoms with Crippen LogP contribution in [0.1, 0.15) is 44.0 Å². The molecular formula is C18H21FN2O. The average Bonchev–Trinajstić information content (AvgIpc) is 2.91. The number of aromatic amines is 1. The molecule has 1 aliphatic heterocycles. The molecule has 2 atom stereocenters. The minimum Gasteiger partial charge on any atom is -0.360 e. The van der Waals surface area contributed by atoms with E-state index < -0.39 is 0 Å². The molecule has 1 aromatic heterocycles. The van der Waals surface area contributed by atoms with Crippen molar-refractivity contribution in [3.05, 3.63) is 35.8 Å². The number of carbonyl (C=O) groups excluding carboxylic acids is 1. The van der Waals surface area contributed by atoms with Gasteiger partial charge in [0.2, 0.25) is 0 Å². The number of aromatic nitrogens is 1. The molecule has 2 heterocycles. The van der Waals surface area contributed by atoms with Crippen molar-refractivity contribution in [2.45, 2.75) is 39.7 Å². The lowest BCUT2D eigenvalue weighted by molar-refractivity contribution is -0.0214. The molecule has 1 saturated carbocycles. The van der Waals surface area contributed by atoms with Crippen molar-refractivity contribution < 1.29 is 9.18 Å². The number of nitrogens with one attached hydrogen (secondary N) is 1. The highest BCUT2D eigenvalue weighted by atomic mass is 19.1. The summed E-state index contributed by atoms with van der Waals surface area (Å²) in [5, 5.41) is 0.803. The first-order valence-corrected chi connectivity index (χ1v) is 7.87. The molecule has 3 nitrogen and oxygen atoms in total. The Bertz CT molecular complexity index is 778. The number of carbonyl (C=O) groups is 1. The molecule has 2 aliphatic rings. The molecule has 116 valence electrons. The van der Waals surface area contributed by atoms with Gasteiger partial charge in [0.1, 0.15) is 5.82 Å². The van der Waals surface area contributed by atoms with Gasteiger partial charge in [-0.2, -0.15) is 0 Å². The van der Waals surface area contributed by atoms with Crippen molar-refractivity contribution in [1.29, 1.82) is 0 Å². The van der Waals surface area contributed by atoms with Crippen LogP contribution in [0.15, 0.2) is 24.4 Å². The molecule has 0 bridgehead atoms. The lowest BCUT2D eigenvalue weighted by atomic mass is 9.74. The van der Waals surface area contributed by atoms with Crippen LogP contribution in [-0.4, -0.2) is 28.4 Å². The number of fused-ring (bicyclic) bond motifs is 2. The van der Waals surface area contributed by atoms with Gasteiger partial charge in [-0.1, -0.05) is 20.8 Å². The second kappa shape index (κ2) is 4.12. The Morgan fingerprint density at radius 3 is 2.86 bits per heavy atom. The second-order valence-electron chi connectivity index (χ2n) is 8.04. The summed E-state index contributed by atoms with van der Waals surface area (Å²) in [4.78, 5) is 17.9. The monoisotopic (exact) mass is 300 g/mol. The molecular weight excluding hydrogens is 279 g/mol. The molecule has 22 heavy (non-hydrogen) atoms. The third kappa shape index (κ3) is 1.82. The fourth-order valence-electron chi connectivity index (χ4n) is 4.73. The van der Waals surface area contributed by atoms with Gasteiger partial charge in [0.05, 0.1) is 5.56 Å². The quantitative estimate of drug-likeness (QED) is 0.850. The number of hydrogen-bond donors (Lipinski definition) is 1. The second-order valence-corrected chi connectivity index (χ2v) is 8.04. The average molecular weight is 300 g/mol. The minimum atomic E-state index is -0.289. The maximum absolute atomic E-state index is 13.3. The van der Waals surface area contributed by atoms with Crippen molar-refractivity contribution in [2.24, 2.45) is 10.8 Å². The molecule has 2 unspecified atom stereocenters. The molecule has 4 heteroatoms. The third-order valence-electron chi connectivity index (χ3n) is 5.48. The lowest BCUT2D eigenvalue weighted by Gasteiger charge is -2.52. The maximum atomic E-state index is 13.3. The first-order chi connectivity index (χ1) is 10.3. The van der Waals surface area contributed by atoms with Gasteiger partial charge in [0.25, 0.3) is 5.91 Å². The summed E-state index contributed by atoms with van der Waals surface area (Å²) >= 11 is 0. The first kappa shape index (κ1) is 13.8. The predicted molar refractivity (Wildman–Crippen MR) is 84.2 cm³/mol. The van der Waals surface area contributed by atoms with Gasteiger partial charge in [-0.25, -0.2) is 4.39 Å². The van der Waals surface area contributed by atoms with E-state index in [9.17, 15) is 9.18 Å². The smallest absolute Gasteiger partial charge is 0.256 e. The van der Waals surface area contributed by atoms with E-state index in [1.54, 1.807) is 12.3 Å². The summed E-state index contributed by atoms with van der Waals surface area (Å²) in [7, 11) is 0. The standard InChI is InChI=1S/C18H21FN2O/c1-17(2)7-15-18(3,9-17)10-21(15)16(22)13-8-20-14-6-11(19)4-5-12(13)14/h4-6,8,15,20H,7,9-10H2,1-3H3. The van der Waals surface area contributed by atoms with E-state index in [4.69, 9.17) is 0 Å². The molecule has 1 amide bonds. The van der Waals surface area contributed by atoms with Gasteiger partial charge in [-0.3, -0.25) is 4.79 Å². The topological polar surface area (TPSA) is 36.1 Å². The van der Waals surface area contributed by atoms with E-state index in [0.29, 0.717) is 22.5 Å². The van der Waals surface area contributed by atoms with Crippen LogP contribution >= 0.6 is 0 Å². The summed E-state index contributed by atoms with van der Waals surface area (Å²) in [5.41, 5.74) is 1.90.